The monoisotopic (exact) mass is 420 g/mol. The number of hydrogen-bond acceptors (Lipinski definition) is 3. The molecule has 0 aliphatic carbocycles. The number of nitrogen functional groups attached to an aromatic ring is 1. The summed E-state index contributed by atoms with van der Waals surface area (Å²) in [5.74, 6) is 0. The molecule has 7 heteroatoms. The molecule has 0 aliphatic heterocycles. The number of fused-ring (bicyclic) bond motifs is 1. The number of rotatable bonds is 1. The number of anilines is 1. The Labute approximate surface area is 135 Å². The van der Waals surface area contributed by atoms with Gasteiger partial charge >= 0.3 is 6.18 Å². The molecule has 0 radical (unpaired) electrons. The number of aromatic nitrogens is 1. The number of nitrogens with zero attached hydrogens (tertiary/aromatic N) is 1. The van der Waals surface area contributed by atoms with E-state index in [-0.39, 0.29) is 0 Å². The minimum absolute atomic E-state index is 0.336. The van der Waals surface area contributed by atoms with Gasteiger partial charge in [-0.1, -0.05) is 0 Å². The Morgan fingerprint density at radius 3 is 2.57 bits per heavy atom. The molecule has 0 aliphatic rings. The maximum Gasteiger partial charge on any atom is 0.416 e. The van der Waals surface area contributed by atoms with Gasteiger partial charge in [-0.2, -0.15) is 13.2 Å². The Kier molecular flexibility index (Phi) is 3.56. The van der Waals surface area contributed by atoms with E-state index in [0.29, 0.717) is 20.9 Å². The fraction of sp³-hybridized carbons (Fsp3) is 0.0714. The average Bonchev–Trinajstić information content (AvgIpc) is 2.83. The second-order valence-corrected chi connectivity index (χ2v) is 6.71. The number of benzene rings is 2. The molecule has 0 fully saturated rings. The third kappa shape index (κ3) is 2.84. The molecule has 108 valence electrons. The Hall–Kier alpha value is -1.35. The van der Waals surface area contributed by atoms with E-state index in [9.17, 15) is 13.2 Å². The van der Waals surface area contributed by atoms with Crippen LogP contribution in [0.5, 0.6) is 0 Å². The van der Waals surface area contributed by atoms with Crippen molar-refractivity contribution in [3.8, 4) is 10.6 Å². The maximum absolute atomic E-state index is 12.7. The van der Waals surface area contributed by atoms with Gasteiger partial charge in [0.25, 0.3) is 0 Å². The predicted octanol–water partition coefficient (Wildman–Crippen LogP) is 5.17. The highest BCUT2D eigenvalue weighted by atomic mass is 127. The van der Waals surface area contributed by atoms with Crippen molar-refractivity contribution in [2.45, 2.75) is 6.18 Å². The molecule has 2 nitrogen and oxygen atoms in total. The van der Waals surface area contributed by atoms with Gasteiger partial charge in [0.1, 0.15) is 5.01 Å². The lowest BCUT2D eigenvalue weighted by atomic mass is 10.2. The van der Waals surface area contributed by atoms with E-state index in [0.717, 1.165) is 21.3 Å². The number of alkyl halides is 3. The first-order chi connectivity index (χ1) is 9.84. The standard InChI is InChI=1S/C14H8F3IN2S/c15-14(16,17)7-1-4-12-11(5-7)20-13(21-12)9-6-8(18)2-3-10(9)19/h1-6H,19H2. The van der Waals surface area contributed by atoms with E-state index >= 15 is 0 Å². The van der Waals surface area contributed by atoms with E-state index in [1.54, 1.807) is 6.07 Å². The summed E-state index contributed by atoms with van der Waals surface area (Å²) in [4.78, 5) is 4.29. The van der Waals surface area contributed by atoms with Crippen LogP contribution in [0.15, 0.2) is 36.4 Å². The molecule has 0 saturated heterocycles. The highest BCUT2D eigenvalue weighted by Gasteiger charge is 2.30. The summed E-state index contributed by atoms with van der Waals surface area (Å²) in [7, 11) is 0. The van der Waals surface area contributed by atoms with Crippen LogP contribution in [0.3, 0.4) is 0 Å². The molecule has 0 atom stereocenters. The number of thiazole rings is 1. The summed E-state index contributed by atoms with van der Waals surface area (Å²) < 4.78 is 39.8. The number of nitrogens with two attached hydrogens (primary N) is 1. The van der Waals surface area contributed by atoms with Crippen LogP contribution in [-0.4, -0.2) is 4.98 Å². The summed E-state index contributed by atoms with van der Waals surface area (Å²) in [5, 5.41) is 0.625. The van der Waals surface area contributed by atoms with E-state index < -0.39 is 11.7 Å². The molecule has 2 aromatic carbocycles. The molecule has 3 aromatic rings. The van der Waals surface area contributed by atoms with E-state index in [1.165, 1.54) is 17.4 Å². The minimum Gasteiger partial charge on any atom is -0.398 e. The van der Waals surface area contributed by atoms with Gasteiger partial charge in [0.2, 0.25) is 0 Å². The van der Waals surface area contributed by atoms with Crippen molar-refractivity contribution >= 4 is 49.8 Å². The zero-order valence-electron chi connectivity index (χ0n) is 10.4. The fourth-order valence-electron chi connectivity index (χ4n) is 1.93. The van der Waals surface area contributed by atoms with Crippen LogP contribution in [0.1, 0.15) is 5.56 Å². The van der Waals surface area contributed by atoms with Gasteiger partial charge in [-0.05, 0) is 59.0 Å². The summed E-state index contributed by atoms with van der Waals surface area (Å²) in [6.07, 6.45) is -4.36. The SMILES string of the molecule is Nc1ccc(I)cc1-c1nc2cc(C(F)(F)F)ccc2s1. The van der Waals surface area contributed by atoms with Crippen molar-refractivity contribution in [1.82, 2.24) is 4.98 Å². The van der Waals surface area contributed by atoms with Crippen LogP contribution >= 0.6 is 33.9 Å². The Bertz CT molecular complexity index is 827. The molecule has 0 amide bonds. The smallest absolute Gasteiger partial charge is 0.398 e. The highest BCUT2D eigenvalue weighted by molar-refractivity contribution is 14.1. The van der Waals surface area contributed by atoms with Gasteiger partial charge in [0.05, 0.1) is 15.8 Å². The van der Waals surface area contributed by atoms with Crippen molar-refractivity contribution in [1.29, 1.82) is 0 Å². The molecular weight excluding hydrogens is 412 g/mol. The Balaban J connectivity index is 2.15. The summed E-state index contributed by atoms with van der Waals surface area (Å²) in [6, 6.07) is 9.10. The van der Waals surface area contributed by atoms with Gasteiger partial charge < -0.3 is 5.73 Å². The number of hydrogen-bond donors (Lipinski definition) is 1. The van der Waals surface area contributed by atoms with Crippen molar-refractivity contribution in [2.24, 2.45) is 0 Å². The first kappa shape index (κ1) is 14.6. The average molecular weight is 420 g/mol. The van der Waals surface area contributed by atoms with Crippen molar-refractivity contribution in [3.05, 3.63) is 45.5 Å². The lowest BCUT2D eigenvalue weighted by Gasteiger charge is -2.04. The molecular formula is C14H8F3IN2S. The summed E-state index contributed by atoms with van der Waals surface area (Å²) in [6.45, 7) is 0. The Morgan fingerprint density at radius 2 is 1.86 bits per heavy atom. The van der Waals surface area contributed by atoms with Gasteiger partial charge in [-0.15, -0.1) is 11.3 Å². The van der Waals surface area contributed by atoms with Gasteiger partial charge in [-0.25, -0.2) is 4.98 Å². The zero-order chi connectivity index (χ0) is 15.2. The molecule has 0 unspecified atom stereocenters. The van der Waals surface area contributed by atoms with Crippen LogP contribution < -0.4 is 5.73 Å². The number of halogens is 4. The van der Waals surface area contributed by atoms with Crippen LogP contribution in [0, 0.1) is 3.57 Å². The fourth-order valence-corrected chi connectivity index (χ4v) is 3.41. The van der Waals surface area contributed by atoms with Crippen LogP contribution in [0.4, 0.5) is 18.9 Å². The van der Waals surface area contributed by atoms with E-state index in [1.807, 2.05) is 12.1 Å². The highest BCUT2D eigenvalue weighted by Crippen LogP contribution is 2.37. The first-order valence-electron chi connectivity index (χ1n) is 5.88. The third-order valence-corrected chi connectivity index (χ3v) is 4.70. The van der Waals surface area contributed by atoms with Crippen LogP contribution in [-0.2, 0) is 6.18 Å². The summed E-state index contributed by atoms with van der Waals surface area (Å²) >= 11 is 3.49. The normalized spacial score (nSPS) is 12.0. The third-order valence-electron chi connectivity index (χ3n) is 2.96. The molecule has 3 rings (SSSR count). The van der Waals surface area contributed by atoms with Crippen molar-refractivity contribution in [2.75, 3.05) is 5.73 Å². The molecule has 1 aromatic heterocycles. The van der Waals surface area contributed by atoms with Crippen LogP contribution in [0.2, 0.25) is 0 Å². The molecule has 0 bridgehead atoms. The molecule has 1 heterocycles. The maximum atomic E-state index is 12.7. The minimum atomic E-state index is -4.36. The van der Waals surface area contributed by atoms with Crippen molar-refractivity contribution < 1.29 is 13.2 Å². The predicted molar refractivity (Wildman–Crippen MR) is 87.2 cm³/mol. The van der Waals surface area contributed by atoms with Gasteiger partial charge in [-0.3, -0.25) is 0 Å². The second-order valence-electron chi connectivity index (χ2n) is 4.43. The quantitative estimate of drug-likeness (QED) is 0.436. The first-order valence-corrected chi connectivity index (χ1v) is 7.77. The molecule has 2 N–H and O–H groups in total. The van der Waals surface area contributed by atoms with E-state index in [4.69, 9.17) is 5.73 Å². The molecule has 0 saturated carbocycles. The topological polar surface area (TPSA) is 38.9 Å². The molecule has 0 spiro atoms. The van der Waals surface area contributed by atoms with Gasteiger partial charge in [0.15, 0.2) is 0 Å². The van der Waals surface area contributed by atoms with Crippen molar-refractivity contribution in [3.63, 3.8) is 0 Å². The van der Waals surface area contributed by atoms with Gasteiger partial charge in [0, 0.05) is 14.8 Å². The lowest BCUT2D eigenvalue weighted by molar-refractivity contribution is -0.137. The lowest BCUT2D eigenvalue weighted by Crippen LogP contribution is -2.03. The zero-order valence-corrected chi connectivity index (χ0v) is 13.4. The second kappa shape index (κ2) is 5.13. The summed E-state index contributed by atoms with van der Waals surface area (Å²) in [5.41, 5.74) is 6.88. The Morgan fingerprint density at radius 1 is 1.10 bits per heavy atom. The van der Waals surface area contributed by atoms with Crippen LogP contribution in [0.25, 0.3) is 20.8 Å². The largest absolute Gasteiger partial charge is 0.416 e. The molecule has 21 heavy (non-hydrogen) atoms. The van der Waals surface area contributed by atoms with E-state index in [2.05, 4.69) is 27.6 Å².